The van der Waals surface area contributed by atoms with Crippen LogP contribution in [0.5, 0.6) is 0 Å². The summed E-state index contributed by atoms with van der Waals surface area (Å²) >= 11 is 1.44. The number of anilines is 1. The lowest BCUT2D eigenvalue weighted by atomic mass is 10.1. The zero-order valence-corrected chi connectivity index (χ0v) is 16.5. The molecule has 2 aromatic heterocycles. The maximum atomic E-state index is 13.3. The van der Waals surface area contributed by atoms with Gasteiger partial charge in [0, 0.05) is 0 Å². The van der Waals surface area contributed by atoms with E-state index in [1.54, 1.807) is 29.2 Å². The van der Waals surface area contributed by atoms with E-state index in [9.17, 15) is 9.59 Å². The van der Waals surface area contributed by atoms with Crippen LogP contribution in [0.4, 0.5) is 5.13 Å². The van der Waals surface area contributed by atoms with Gasteiger partial charge in [-0.2, -0.15) is 0 Å². The van der Waals surface area contributed by atoms with Crippen LogP contribution < -0.4 is 15.2 Å². The van der Waals surface area contributed by atoms with Gasteiger partial charge in [-0.1, -0.05) is 35.6 Å². The maximum absolute atomic E-state index is 13.3. The fourth-order valence-corrected chi connectivity index (χ4v) is 3.96. The maximum Gasteiger partial charge on any atom is 0.267 e. The number of nitrogens with zero attached hydrogens (tertiary/aromatic N) is 2. The van der Waals surface area contributed by atoms with Crippen LogP contribution in [-0.4, -0.2) is 38.1 Å². The Hall–Kier alpha value is -3.03. The van der Waals surface area contributed by atoms with Gasteiger partial charge in [-0.15, -0.1) is 0 Å². The number of fused-ring (bicyclic) bond motifs is 2. The Morgan fingerprint density at radius 1 is 1.14 bits per heavy atom. The minimum atomic E-state index is -0.389. The van der Waals surface area contributed by atoms with Gasteiger partial charge < -0.3 is 9.32 Å². The van der Waals surface area contributed by atoms with E-state index in [1.807, 2.05) is 38.4 Å². The third-order valence-electron chi connectivity index (χ3n) is 4.50. The fraction of sp³-hybridized carbons (Fsp3) is 0.190. The first-order chi connectivity index (χ1) is 13.5. The molecular formula is C21H20N3O3S+. The number of quaternary nitrogens is 1. The van der Waals surface area contributed by atoms with Crippen LogP contribution in [-0.2, 0) is 0 Å². The summed E-state index contributed by atoms with van der Waals surface area (Å²) in [5.41, 5.74) is 0.998. The quantitative estimate of drug-likeness (QED) is 0.564. The van der Waals surface area contributed by atoms with Crippen LogP contribution in [0.1, 0.15) is 10.4 Å². The minimum absolute atomic E-state index is 0.0201. The van der Waals surface area contributed by atoms with Crippen molar-refractivity contribution in [1.82, 2.24) is 4.98 Å². The highest BCUT2D eigenvalue weighted by Gasteiger charge is 2.25. The normalized spacial score (nSPS) is 11.4. The molecule has 0 spiro atoms. The van der Waals surface area contributed by atoms with Gasteiger partial charge in [0.05, 0.1) is 42.8 Å². The van der Waals surface area contributed by atoms with Crippen LogP contribution in [0, 0.1) is 0 Å². The first-order valence-electron chi connectivity index (χ1n) is 9.01. The number of benzene rings is 2. The van der Waals surface area contributed by atoms with Crippen molar-refractivity contribution in [3.8, 4) is 0 Å². The van der Waals surface area contributed by atoms with Crippen molar-refractivity contribution in [2.24, 2.45) is 0 Å². The van der Waals surface area contributed by atoms with E-state index in [2.05, 4.69) is 4.98 Å². The molecule has 1 N–H and O–H groups in total. The van der Waals surface area contributed by atoms with Crippen molar-refractivity contribution in [3.63, 3.8) is 0 Å². The average Bonchev–Trinajstić information content (AvgIpc) is 3.12. The summed E-state index contributed by atoms with van der Waals surface area (Å²) in [7, 11) is 4.04. The number of thiazole rings is 1. The number of nitrogens with one attached hydrogen (secondary N) is 1. The highest BCUT2D eigenvalue weighted by Crippen LogP contribution is 2.29. The number of hydrogen-bond acceptors (Lipinski definition) is 5. The van der Waals surface area contributed by atoms with Crippen molar-refractivity contribution in [1.29, 1.82) is 0 Å². The second-order valence-corrected chi connectivity index (χ2v) is 7.86. The number of rotatable bonds is 5. The van der Waals surface area contributed by atoms with Crippen LogP contribution in [0.2, 0.25) is 0 Å². The molecule has 0 unspecified atom stereocenters. The molecule has 7 heteroatoms. The third-order valence-corrected chi connectivity index (χ3v) is 5.56. The molecule has 28 heavy (non-hydrogen) atoms. The van der Waals surface area contributed by atoms with Gasteiger partial charge in [-0.25, -0.2) is 4.98 Å². The Morgan fingerprint density at radius 3 is 2.68 bits per heavy atom. The van der Waals surface area contributed by atoms with Crippen molar-refractivity contribution in [2.45, 2.75) is 0 Å². The molecule has 4 rings (SSSR count). The van der Waals surface area contributed by atoms with E-state index in [-0.39, 0.29) is 16.9 Å². The summed E-state index contributed by atoms with van der Waals surface area (Å²) in [4.78, 5) is 33.6. The second-order valence-electron chi connectivity index (χ2n) is 6.85. The molecule has 142 valence electrons. The topological polar surface area (TPSA) is 67.8 Å². The number of carbonyl (C=O) groups is 1. The summed E-state index contributed by atoms with van der Waals surface area (Å²) in [6, 6.07) is 14.7. The zero-order valence-electron chi connectivity index (χ0n) is 15.6. The summed E-state index contributed by atoms with van der Waals surface area (Å²) < 4.78 is 6.54. The molecule has 0 radical (unpaired) electrons. The number of amides is 1. The fourth-order valence-electron chi connectivity index (χ4n) is 2.97. The molecule has 4 aromatic rings. The molecule has 2 heterocycles. The first kappa shape index (κ1) is 18.3. The molecule has 0 aliphatic heterocycles. The van der Waals surface area contributed by atoms with Crippen molar-refractivity contribution in [2.75, 3.05) is 32.1 Å². The van der Waals surface area contributed by atoms with Gasteiger partial charge in [0.15, 0.2) is 5.13 Å². The van der Waals surface area contributed by atoms with E-state index >= 15 is 0 Å². The van der Waals surface area contributed by atoms with Gasteiger partial charge in [-0.05, 0) is 24.3 Å². The summed E-state index contributed by atoms with van der Waals surface area (Å²) in [5, 5.41) is 0.982. The molecule has 1 amide bonds. The minimum Gasteiger partial charge on any atom is -0.463 e. The molecule has 0 fully saturated rings. The highest BCUT2D eigenvalue weighted by atomic mass is 32.1. The van der Waals surface area contributed by atoms with Crippen LogP contribution >= 0.6 is 11.3 Å². The van der Waals surface area contributed by atoms with Gasteiger partial charge in [0.1, 0.15) is 17.4 Å². The van der Waals surface area contributed by atoms with E-state index in [1.165, 1.54) is 22.5 Å². The number of para-hydroxylation sites is 2. The van der Waals surface area contributed by atoms with Crippen molar-refractivity contribution >= 4 is 43.6 Å². The Morgan fingerprint density at radius 2 is 1.89 bits per heavy atom. The van der Waals surface area contributed by atoms with Gasteiger partial charge in [-0.3, -0.25) is 14.5 Å². The van der Waals surface area contributed by atoms with Crippen molar-refractivity contribution < 1.29 is 14.1 Å². The third kappa shape index (κ3) is 3.42. The molecule has 2 aromatic carbocycles. The van der Waals surface area contributed by atoms with Crippen LogP contribution in [0.3, 0.4) is 0 Å². The monoisotopic (exact) mass is 394 g/mol. The SMILES string of the molecule is C[NH+](C)CCN(C(=O)c1coc2ccccc2c1=O)c1nc2ccccc2s1. The smallest absolute Gasteiger partial charge is 0.267 e. The Bertz CT molecular complexity index is 1180. The Kier molecular flexibility index (Phi) is 4.93. The molecule has 6 nitrogen and oxygen atoms in total. The van der Waals surface area contributed by atoms with Gasteiger partial charge >= 0.3 is 0 Å². The molecular weight excluding hydrogens is 374 g/mol. The van der Waals surface area contributed by atoms with E-state index in [4.69, 9.17) is 4.42 Å². The number of hydrogen-bond donors (Lipinski definition) is 1. The molecule has 0 saturated carbocycles. The summed E-state index contributed by atoms with van der Waals surface area (Å²) in [5.74, 6) is -0.389. The van der Waals surface area contributed by atoms with Crippen LogP contribution in [0.25, 0.3) is 21.2 Å². The lowest BCUT2D eigenvalue weighted by Gasteiger charge is -2.20. The summed E-state index contributed by atoms with van der Waals surface area (Å²) in [6.45, 7) is 1.17. The molecule has 0 aliphatic carbocycles. The predicted molar refractivity (Wildman–Crippen MR) is 111 cm³/mol. The standard InChI is InChI=1S/C21H19N3O3S/c1-23(2)11-12-24(21-22-16-8-4-6-10-18(16)28-21)20(26)15-13-27-17-9-5-3-7-14(17)19(15)25/h3-10,13H,11-12H2,1-2H3/p+1. The molecule has 0 atom stereocenters. The van der Waals surface area contributed by atoms with E-state index < -0.39 is 0 Å². The second kappa shape index (κ2) is 7.53. The largest absolute Gasteiger partial charge is 0.463 e. The van der Waals surface area contributed by atoms with Gasteiger partial charge in [0.2, 0.25) is 5.43 Å². The average molecular weight is 394 g/mol. The molecule has 0 bridgehead atoms. The van der Waals surface area contributed by atoms with Gasteiger partial charge in [0.25, 0.3) is 5.91 Å². The van der Waals surface area contributed by atoms with Crippen molar-refractivity contribution in [3.05, 3.63) is 70.6 Å². The zero-order chi connectivity index (χ0) is 19.7. The Balaban J connectivity index is 1.78. The molecule has 0 saturated heterocycles. The van der Waals surface area contributed by atoms with E-state index in [0.29, 0.717) is 22.6 Å². The molecule has 0 aliphatic rings. The van der Waals surface area contributed by atoms with Crippen LogP contribution in [0.15, 0.2) is 64.0 Å². The lowest BCUT2D eigenvalue weighted by molar-refractivity contribution is -0.856. The summed E-state index contributed by atoms with van der Waals surface area (Å²) in [6.07, 6.45) is 1.26. The Labute approximate surface area is 165 Å². The number of carbonyl (C=O) groups excluding carboxylic acids is 1. The number of aromatic nitrogens is 1. The van der Waals surface area contributed by atoms with E-state index in [0.717, 1.165) is 16.8 Å². The lowest BCUT2D eigenvalue weighted by Crippen LogP contribution is -3.06. The first-order valence-corrected chi connectivity index (χ1v) is 9.83. The highest BCUT2D eigenvalue weighted by molar-refractivity contribution is 7.22. The predicted octanol–water partition coefficient (Wildman–Crippen LogP) is 2.19. The number of likely N-dealkylation sites (N-methyl/N-ethyl adjacent to an activating group) is 1.